The van der Waals surface area contributed by atoms with E-state index in [2.05, 4.69) is 5.10 Å². The molecule has 0 bridgehead atoms. The standard InChI is InChI=1S/C11H8FN3O4/c1-6-5-14(13-10(6)11(16)17)7-2-3-8(12)9(4-7)15(18)19/h2-5H,1H3,(H,16,17). The molecule has 0 spiro atoms. The molecule has 8 heteroatoms. The van der Waals surface area contributed by atoms with Crippen LogP contribution in [0.25, 0.3) is 5.69 Å². The molecule has 0 aliphatic heterocycles. The number of aromatic carboxylic acids is 1. The second-order valence-corrected chi connectivity index (χ2v) is 3.80. The minimum Gasteiger partial charge on any atom is -0.476 e. The van der Waals surface area contributed by atoms with E-state index in [0.717, 1.165) is 16.8 Å². The van der Waals surface area contributed by atoms with Crippen molar-refractivity contribution in [2.75, 3.05) is 0 Å². The summed E-state index contributed by atoms with van der Waals surface area (Å²) < 4.78 is 14.3. The number of nitro groups is 1. The third-order valence-corrected chi connectivity index (χ3v) is 2.49. The van der Waals surface area contributed by atoms with Gasteiger partial charge in [-0.1, -0.05) is 0 Å². The minimum absolute atomic E-state index is 0.160. The van der Waals surface area contributed by atoms with Crippen LogP contribution >= 0.6 is 0 Å². The molecule has 1 aromatic heterocycles. The van der Waals surface area contributed by atoms with Crippen LogP contribution in [0.4, 0.5) is 10.1 Å². The van der Waals surface area contributed by atoms with E-state index in [-0.39, 0.29) is 11.4 Å². The summed E-state index contributed by atoms with van der Waals surface area (Å²) in [4.78, 5) is 20.6. The molecular weight excluding hydrogens is 257 g/mol. The molecule has 0 atom stereocenters. The molecular formula is C11H8FN3O4. The molecule has 0 aliphatic rings. The van der Waals surface area contributed by atoms with E-state index >= 15 is 0 Å². The van der Waals surface area contributed by atoms with Gasteiger partial charge in [0.2, 0.25) is 5.82 Å². The topological polar surface area (TPSA) is 98.3 Å². The van der Waals surface area contributed by atoms with Gasteiger partial charge in [0, 0.05) is 17.8 Å². The SMILES string of the molecule is Cc1cn(-c2ccc(F)c([N+](=O)[O-])c2)nc1C(=O)O. The zero-order valence-electron chi connectivity index (χ0n) is 9.70. The summed E-state index contributed by atoms with van der Waals surface area (Å²) in [6.07, 6.45) is 1.40. The number of aromatic nitrogens is 2. The van der Waals surface area contributed by atoms with Crippen LogP contribution in [0.2, 0.25) is 0 Å². The highest BCUT2D eigenvalue weighted by Crippen LogP contribution is 2.21. The van der Waals surface area contributed by atoms with E-state index in [1.54, 1.807) is 6.92 Å². The maximum atomic E-state index is 13.2. The van der Waals surface area contributed by atoms with Gasteiger partial charge < -0.3 is 5.11 Å². The molecule has 1 heterocycles. The van der Waals surface area contributed by atoms with Gasteiger partial charge in [0.05, 0.1) is 10.6 Å². The van der Waals surface area contributed by atoms with E-state index in [9.17, 15) is 19.3 Å². The number of benzene rings is 1. The zero-order chi connectivity index (χ0) is 14.2. The second kappa shape index (κ2) is 4.48. The van der Waals surface area contributed by atoms with E-state index in [1.807, 2.05) is 0 Å². The van der Waals surface area contributed by atoms with Crippen molar-refractivity contribution in [3.63, 3.8) is 0 Å². The number of carbonyl (C=O) groups is 1. The van der Waals surface area contributed by atoms with Crippen LogP contribution in [0, 0.1) is 22.9 Å². The number of nitro benzene ring substituents is 1. The Bertz CT molecular complexity index is 681. The molecule has 1 N–H and O–H groups in total. The van der Waals surface area contributed by atoms with E-state index < -0.39 is 22.4 Å². The predicted octanol–water partition coefficient (Wildman–Crippen LogP) is 1.93. The highest BCUT2D eigenvalue weighted by Gasteiger charge is 2.17. The molecule has 1 aromatic carbocycles. The second-order valence-electron chi connectivity index (χ2n) is 3.80. The molecule has 0 fully saturated rings. The van der Waals surface area contributed by atoms with Crippen LogP contribution < -0.4 is 0 Å². The number of carboxylic acid groups (broad SMARTS) is 1. The lowest BCUT2D eigenvalue weighted by Crippen LogP contribution is -2.02. The average Bonchev–Trinajstić information content (AvgIpc) is 2.71. The lowest BCUT2D eigenvalue weighted by molar-refractivity contribution is -0.387. The first-order valence-electron chi connectivity index (χ1n) is 5.14. The van der Waals surface area contributed by atoms with Crippen molar-refractivity contribution in [3.8, 4) is 5.69 Å². The fourth-order valence-corrected chi connectivity index (χ4v) is 1.59. The number of halogens is 1. The maximum Gasteiger partial charge on any atom is 0.356 e. The van der Waals surface area contributed by atoms with Crippen molar-refractivity contribution in [2.45, 2.75) is 6.92 Å². The van der Waals surface area contributed by atoms with Crippen molar-refractivity contribution < 1.29 is 19.2 Å². The first kappa shape index (κ1) is 12.7. The summed E-state index contributed by atoms with van der Waals surface area (Å²) in [5, 5.41) is 23.3. The van der Waals surface area contributed by atoms with Gasteiger partial charge in [-0.15, -0.1) is 0 Å². The van der Waals surface area contributed by atoms with Crippen LogP contribution in [0.5, 0.6) is 0 Å². The number of hydrogen-bond acceptors (Lipinski definition) is 4. The van der Waals surface area contributed by atoms with Gasteiger partial charge in [-0.2, -0.15) is 9.49 Å². The third kappa shape index (κ3) is 2.28. The van der Waals surface area contributed by atoms with Crippen molar-refractivity contribution in [3.05, 3.63) is 51.6 Å². The summed E-state index contributed by atoms with van der Waals surface area (Å²) in [5.41, 5.74) is -0.238. The highest BCUT2D eigenvalue weighted by molar-refractivity contribution is 5.86. The summed E-state index contributed by atoms with van der Waals surface area (Å²) in [6, 6.07) is 3.21. The van der Waals surface area contributed by atoms with Gasteiger partial charge in [0.15, 0.2) is 5.69 Å². The Balaban J connectivity index is 2.53. The van der Waals surface area contributed by atoms with E-state index in [0.29, 0.717) is 5.56 Å². The number of nitrogens with zero attached hydrogens (tertiary/aromatic N) is 3. The van der Waals surface area contributed by atoms with Crippen LogP contribution in [-0.4, -0.2) is 25.8 Å². The molecule has 0 unspecified atom stereocenters. The van der Waals surface area contributed by atoms with Gasteiger partial charge in [-0.3, -0.25) is 10.1 Å². The normalized spacial score (nSPS) is 10.4. The molecule has 98 valence electrons. The summed E-state index contributed by atoms with van der Waals surface area (Å²) in [7, 11) is 0. The highest BCUT2D eigenvalue weighted by atomic mass is 19.1. The van der Waals surface area contributed by atoms with Gasteiger partial charge in [-0.25, -0.2) is 9.48 Å². The Morgan fingerprint density at radius 2 is 2.21 bits per heavy atom. The fraction of sp³-hybridized carbons (Fsp3) is 0.0909. The molecule has 0 aliphatic carbocycles. The van der Waals surface area contributed by atoms with Gasteiger partial charge in [0.1, 0.15) is 0 Å². The molecule has 0 radical (unpaired) electrons. The van der Waals surface area contributed by atoms with Crippen molar-refractivity contribution in [1.29, 1.82) is 0 Å². The van der Waals surface area contributed by atoms with Crippen LogP contribution in [-0.2, 0) is 0 Å². The van der Waals surface area contributed by atoms with Gasteiger partial charge in [0.25, 0.3) is 0 Å². The van der Waals surface area contributed by atoms with E-state index in [4.69, 9.17) is 5.11 Å². The molecule has 19 heavy (non-hydrogen) atoms. The van der Waals surface area contributed by atoms with Crippen molar-refractivity contribution in [1.82, 2.24) is 9.78 Å². The van der Waals surface area contributed by atoms with Crippen LogP contribution in [0.15, 0.2) is 24.4 Å². The monoisotopic (exact) mass is 265 g/mol. The number of rotatable bonds is 3. The first-order valence-corrected chi connectivity index (χ1v) is 5.14. The van der Waals surface area contributed by atoms with Crippen molar-refractivity contribution in [2.24, 2.45) is 0 Å². The maximum absolute atomic E-state index is 13.2. The Labute approximate surface area is 106 Å². The van der Waals surface area contributed by atoms with Gasteiger partial charge in [-0.05, 0) is 19.1 Å². The fourth-order valence-electron chi connectivity index (χ4n) is 1.59. The molecule has 2 rings (SSSR count). The smallest absolute Gasteiger partial charge is 0.356 e. The largest absolute Gasteiger partial charge is 0.476 e. The number of carboxylic acids is 1. The van der Waals surface area contributed by atoms with Crippen molar-refractivity contribution >= 4 is 11.7 Å². The third-order valence-electron chi connectivity index (χ3n) is 2.49. The lowest BCUT2D eigenvalue weighted by atomic mass is 10.2. The first-order chi connectivity index (χ1) is 8.90. The molecule has 0 saturated heterocycles. The average molecular weight is 265 g/mol. The Morgan fingerprint density at radius 1 is 1.53 bits per heavy atom. The minimum atomic E-state index is -1.20. The number of aryl methyl sites for hydroxylation is 1. The molecule has 7 nitrogen and oxygen atoms in total. The Kier molecular flexibility index (Phi) is 2.99. The Morgan fingerprint density at radius 3 is 2.74 bits per heavy atom. The lowest BCUT2D eigenvalue weighted by Gasteiger charge is -2.01. The summed E-state index contributed by atoms with van der Waals surface area (Å²) in [6.45, 7) is 1.55. The van der Waals surface area contributed by atoms with Crippen LogP contribution in [0.3, 0.4) is 0 Å². The summed E-state index contributed by atoms with van der Waals surface area (Å²) in [5.74, 6) is -2.16. The quantitative estimate of drug-likeness (QED) is 0.675. The Hall–Kier alpha value is -2.77. The van der Waals surface area contributed by atoms with Gasteiger partial charge >= 0.3 is 11.7 Å². The summed E-state index contributed by atoms with van der Waals surface area (Å²) >= 11 is 0. The van der Waals surface area contributed by atoms with E-state index in [1.165, 1.54) is 12.3 Å². The molecule has 0 saturated carbocycles. The zero-order valence-corrected chi connectivity index (χ0v) is 9.70. The molecule has 0 amide bonds. The number of hydrogen-bond donors (Lipinski definition) is 1. The molecule has 2 aromatic rings. The predicted molar refractivity (Wildman–Crippen MR) is 61.9 cm³/mol. The van der Waals surface area contributed by atoms with Crippen LogP contribution in [0.1, 0.15) is 16.1 Å².